The third-order valence-electron chi connectivity index (χ3n) is 3.10. The van der Waals surface area contributed by atoms with Crippen LogP contribution in [0.5, 0.6) is 0 Å². The lowest BCUT2D eigenvalue weighted by molar-refractivity contribution is 0.610. The molecule has 0 bridgehead atoms. The quantitative estimate of drug-likeness (QED) is 0.324. The average molecular weight is 329 g/mol. The number of hydrogen-bond acceptors (Lipinski definition) is 2. The van der Waals surface area contributed by atoms with Crippen molar-refractivity contribution in [2.45, 2.75) is 56.8 Å². The first-order chi connectivity index (χ1) is 9.77. The molecule has 0 fully saturated rings. The van der Waals surface area contributed by atoms with Crippen LogP contribution in [0.15, 0.2) is 39.5 Å². The SMILES string of the molecule is CCCCCCCC/C(=C\SC)Sc1ccccc1Cl. The second-order valence-corrected chi connectivity index (χ2v) is 7.15. The van der Waals surface area contributed by atoms with E-state index in [4.69, 9.17) is 11.6 Å². The van der Waals surface area contributed by atoms with E-state index < -0.39 is 0 Å². The van der Waals surface area contributed by atoms with E-state index in [-0.39, 0.29) is 0 Å². The molecule has 1 aromatic rings. The van der Waals surface area contributed by atoms with Gasteiger partial charge < -0.3 is 0 Å². The summed E-state index contributed by atoms with van der Waals surface area (Å²) in [6.45, 7) is 2.26. The molecule has 0 aromatic heterocycles. The first-order valence-electron chi connectivity index (χ1n) is 7.42. The van der Waals surface area contributed by atoms with Crippen LogP contribution in [-0.2, 0) is 0 Å². The molecule has 0 spiro atoms. The Kier molecular flexibility index (Phi) is 10.4. The minimum atomic E-state index is 0.854. The van der Waals surface area contributed by atoms with Gasteiger partial charge in [-0.3, -0.25) is 0 Å². The van der Waals surface area contributed by atoms with Gasteiger partial charge in [-0.1, -0.05) is 74.5 Å². The van der Waals surface area contributed by atoms with Gasteiger partial charge in [0.05, 0.1) is 5.02 Å². The summed E-state index contributed by atoms with van der Waals surface area (Å²) in [6.07, 6.45) is 11.4. The minimum absolute atomic E-state index is 0.854. The average Bonchev–Trinajstić information content (AvgIpc) is 2.45. The molecule has 0 aliphatic carbocycles. The van der Waals surface area contributed by atoms with Crippen LogP contribution in [-0.4, -0.2) is 6.26 Å². The fraction of sp³-hybridized carbons (Fsp3) is 0.529. The molecule has 0 radical (unpaired) electrons. The van der Waals surface area contributed by atoms with Crippen molar-refractivity contribution in [2.75, 3.05) is 6.26 Å². The Morgan fingerprint density at radius 2 is 1.80 bits per heavy atom. The second-order valence-electron chi connectivity index (χ2n) is 4.87. The molecule has 0 nitrogen and oxygen atoms in total. The zero-order valence-corrected chi connectivity index (χ0v) is 14.9. The number of thioether (sulfide) groups is 2. The van der Waals surface area contributed by atoms with Crippen molar-refractivity contribution in [3.05, 3.63) is 39.6 Å². The topological polar surface area (TPSA) is 0 Å². The summed E-state index contributed by atoms with van der Waals surface area (Å²) in [6, 6.07) is 8.10. The number of allylic oxidation sites excluding steroid dienone is 1. The van der Waals surface area contributed by atoms with Crippen LogP contribution < -0.4 is 0 Å². The number of hydrogen-bond donors (Lipinski definition) is 0. The number of unbranched alkanes of at least 4 members (excludes halogenated alkanes) is 5. The lowest BCUT2D eigenvalue weighted by Crippen LogP contribution is -1.83. The highest BCUT2D eigenvalue weighted by Crippen LogP contribution is 2.35. The predicted molar refractivity (Wildman–Crippen MR) is 96.9 cm³/mol. The van der Waals surface area contributed by atoms with Crippen molar-refractivity contribution in [1.29, 1.82) is 0 Å². The highest BCUT2D eigenvalue weighted by Gasteiger charge is 2.04. The zero-order chi connectivity index (χ0) is 14.6. The van der Waals surface area contributed by atoms with Gasteiger partial charge in [0, 0.05) is 4.90 Å². The summed E-state index contributed by atoms with van der Waals surface area (Å²) in [4.78, 5) is 2.60. The lowest BCUT2D eigenvalue weighted by atomic mass is 10.1. The van der Waals surface area contributed by atoms with Crippen LogP contribution in [0.4, 0.5) is 0 Å². The molecule has 0 atom stereocenters. The van der Waals surface area contributed by atoms with E-state index in [1.807, 2.05) is 23.9 Å². The number of benzene rings is 1. The third kappa shape index (κ3) is 7.66. The van der Waals surface area contributed by atoms with Crippen molar-refractivity contribution in [3.63, 3.8) is 0 Å². The Balaban J connectivity index is 2.38. The van der Waals surface area contributed by atoms with Gasteiger partial charge in [0.25, 0.3) is 0 Å². The molecule has 0 unspecified atom stereocenters. The maximum atomic E-state index is 6.23. The Morgan fingerprint density at radius 1 is 1.10 bits per heavy atom. The summed E-state index contributed by atoms with van der Waals surface area (Å²) in [7, 11) is 0. The second kappa shape index (κ2) is 11.6. The molecule has 1 rings (SSSR count). The Morgan fingerprint density at radius 3 is 2.50 bits per heavy atom. The summed E-state index contributed by atoms with van der Waals surface area (Å²) in [5, 5.41) is 3.12. The zero-order valence-electron chi connectivity index (χ0n) is 12.5. The summed E-state index contributed by atoms with van der Waals surface area (Å²) >= 11 is 9.83. The van der Waals surface area contributed by atoms with E-state index in [2.05, 4.69) is 30.7 Å². The highest BCUT2D eigenvalue weighted by molar-refractivity contribution is 8.06. The van der Waals surface area contributed by atoms with Crippen molar-refractivity contribution in [3.8, 4) is 0 Å². The van der Waals surface area contributed by atoms with Crippen LogP contribution in [0.3, 0.4) is 0 Å². The maximum Gasteiger partial charge on any atom is 0.0545 e. The molecule has 0 aliphatic rings. The summed E-state index contributed by atoms with van der Waals surface area (Å²) < 4.78 is 0. The molecule has 0 N–H and O–H groups in total. The first kappa shape index (κ1) is 18.0. The van der Waals surface area contributed by atoms with Crippen LogP contribution in [0.1, 0.15) is 51.9 Å². The predicted octanol–water partition coefficient (Wildman–Crippen LogP) is 7.39. The molecule has 0 saturated heterocycles. The van der Waals surface area contributed by atoms with E-state index in [0.717, 1.165) is 5.02 Å². The maximum absolute atomic E-state index is 6.23. The normalized spacial score (nSPS) is 11.8. The molecule has 0 heterocycles. The van der Waals surface area contributed by atoms with Crippen LogP contribution in [0.2, 0.25) is 5.02 Å². The third-order valence-corrected chi connectivity index (χ3v) is 5.37. The molecule has 112 valence electrons. The monoisotopic (exact) mass is 328 g/mol. The van der Waals surface area contributed by atoms with Gasteiger partial charge in [-0.25, -0.2) is 0 Å². The van der Waals surface area contributed by atoms with E-state index in [0.29, 0.717) is 0 Å². The van der Waals surface area contributed by atoms with Gasteiger partial charge >= 0.3 is 0 Å². The van der Waals surface area contributed by atoms with E-state index >= 15 is 0 Å². The van der Waals surface area contributed by atoms with Gasteiger partial charge in [-0.15, -0.1) is 11.8 Å². The summed E-state index contributed by atoms with van der Waals surface area (Å²) in [5.74, 6) is 0. The fourth-order valence-corrected chi connectivity index (χ4v) is 3.97. The largest absolute Gasteiger partial charge is 0.137 e. The molecule has 3 heteroatoms. The molecule has 0 amide bonds. The van der Waals surface area contributed by atoms with Gasteiger partial charge in [-0.05, 0) is 41.5 Å². The molecule has 0 saturated carbocycles. The number of rotatable bonds is 10. The Labute approximate surface area is 137 Å². The Hall–Kier alpha value is -0.0500. The van der Waals surface area contributed by atoms with Gasteiger partial charge in [0.1, 0.15) is 0 Å². The fourth-order valence-electron chi connectivity index (χ4n) is 2.01. The standard InChI is InChI=1S/C17H25ClS2/c1-3-4-5-6-7-8-11-15(14-19-2)20-17-13-10-9-12-16(17)18/h9-10,12-14H,3-8,11H2,1-2H3/b15-14+. The van der Waals surface area contributed by atoms with Gasteiger partial charge in [-0.2, -0.15) is 0 Å². The van der Waals surface area contributed by atoms with Crippen LogP contribution in [0.25, 0.3) is 0 Å². The van der Waals surface area contributed by atoms with Gasteiger partial charge in [0.15, 0.2) is 0 Å². The van der Waals surface area contributed by atoms with E-state index in [1.165, 1.54) is 54.7 Å². The molecular weight excluding hydrogens is 304 g/mol. The van der Waals surface area contributed by atoms with Gasteiger partial charge in [0.2, 0.25) is 0 Å². The van der Waals surface area contributed by atoms with Crippen LogP contribution >= 0.6 is 35.1 Å². The van der Waals surface area contributed by atoms with Crippen molar-refractivity contribution in [1.82, 2.24) is 0 Å². The van der Waals surface area contributed by atoms with Crippen molar-refractivity contribution < 1.29 is 0 Å². The number of halogens is 1. The smallest absolute Gasteiger partial charge is 0.0545 e. The van der Waals surface area contributed by atoms with Crippen molar-refractivity contribution in [2.24, 2.45) is 0 Å². The minimum Gasteiger partial charge on any atom is -0.137 e. The molecule has 20 heavy (non-hydrogen) atoms. The Bertz CT molecular complexity index is 402. The highest BCUT2D eigenvalue weighted by atomic mass is 35.5. The summed E-state index contributed by atoms with van der Waals surface area (Å²) in [5.41, 5.74) is 0. The van der Waals surface area contributed by atoms with E-state index in [1.54, 1.807) is 11.8 Å². The van der Waals surface area contributed by atoms with E-state index in [9.17, 15) is 0 Å². The molecular formula is C17H25ClS2. The molecule has 1 aromatic carbocycles. The lowest BCUT2D eigenvalue weighted by Gasteiger charge is -2.08. The van der Waals surface area contributed by atoms with Crippen molar-refractivity contribution >= 4 is 35.1 Å². The van der Waals surface area contributed by atoms with Crippen LogP contribution in [0, 0.1) is 0 Å². The molecule has 0 aliphatic heterocycles. The first-order valence-corrected chi connectivity index (χ1v) is 9.90.